The van der Waals surface area contributed by atoms with E-state index in [0.29, 0.717) is 47.0 Å². The number of nitrogens with zero attached hydrogens (tertiary/aromatic N) is 3. The third kappa shape index (κ3) is 5.06. The Bertz CT molecular complexity index is 853. The van der Waals surface area contributed by atoms with E-state index in [1.165, 1.54) is 11.3 Å². The number of ether oxygens (including phenoxy) is 1. The zero-order valence-electron chi connectivity index (χ0n) is 15.3. The van der Waals surface area contributed by atoms with Crippen LogP contribution in [0.25, 0.3) is 0 Å². The predicted octanol–water partition coefficient (Wildman–Crippen LogP) is 3.91. The number of nitrogens with one attached hydrogen (secondary N) is 1. The van der Waals surface area contributed by atoms with Crippen LogP contribution in [-0.2, 0) is 16.0 Å². The molecule has 28 heavy (non-hydrogen) atoms. The fraction of sp³-hybridized carbons (Fsp3) is 0.389. The van der Waals surface area contributed by atoms with Crippen LogP contribution in [0.4, 0.5) is 15.6 Å². The van der Waals surface area contributed by atoms with Gasteiger partial charge in [0.15, 0.2) is 5.13 Å². The molecule has 0 saturated carbocycles. The molecular formula is C18H20Cl2N4O3S. The molecule has 0 radical (unpaired) electrons. The molecule has 7 nitrogen and oxygen atoms in total. The van der Waals surface area contributed by atoms with Gasteiger partial charge >= 0.3 is 6.09 Å². The molecule has 1 aliphatic rings. The lowest BCUT2D eigenvalue weighted by atomic mass is 10.2. The first-order valence-electron chi connectivity index (χ1n) is 8.83. The van der Waals surface area contributed by atoms with Crippen molar-refractivity contribution in [2.75, 3.05) is 43.0 Å². The predicted molar refractivity (Wildman–Crippen MR) is 112 cm³/mol. The average molecular weight is 443 g/mol. The Morgan fingerprint density at radius 3 is 2.71 bits per heavy atom. The first-order valence-corrected chi connectivity index (χ1v) is 10.5. The van der Waals surface area contributed by atoms with Crippen LogP contribution in [0.5, 0.6) is 0 Å². The standard InChI is InChI=1S/C18H20Cl2N4O3S/c1-2-27-18(26)22-17-21-12(11-28-17)10-15(25)24-8-6-23(7-9-24)14-5-3-4-13(19)16(14)20/h3-5,11H,2,6-10H2,1H3,(H,21,22,26). The third-order valence-electron chi connectivity index (χ3n) is 4.27. The zero-order chi connectivity index (χ0) is 20.1. The molecule has 0 spiro atoms. The fourth-order valence-corrected chi connectivity index (χ4v) is 4.01. The Kier molecular flexibility index (Phi) is 6.98. The van der Waals surface area contributed by atoms with Gasteiger partial charge in [-0.1, -0.05) is 29.3 Å². The second-order valence-corrected chi connectivity index (χ2v) is 7.75. The van der Waals surface area contributed by atoms with Crippen molar-refractivity contribution in [1.82, 2.24) is 9.88 Å². The monoisotopic (exact) mass is 442 g/mol. The van der Waals surface area contributed by atoms with Crippen LogP contribution in [0, 0.1) is 0 Å². The summed E-state index contributed by atoms with van der Waals surface area (Å²) >= 11 is 13.6. The highest BCUT2D eigenvalue weighted by molar-refractivity contribution is 7.13. The van der Waals surface area contributed by atoms with Gasteiger partial charge in [0, 0.05) is 31.6 Å². The molecule has 2 heterocycles. The first kappa shape index (κ1) is 20.7. The Hall–Kier alpha value is -2.03. The summed E-state index contributed by atoms with van der Waals surface area (Å²) in [4.78, 5) is 32.2. The number of hydrogen-bond acceptors (Lipinski definition) is 6. The fourth-order valence-electron chi connectivity index (χ4n) is 2.90. The van der Waals surface area contributed by atoms with Crippen molar-refractivity contribution < 1.29 is 14.3 Å². The van der Waals surface area contributed by atoms with Crippen molar-refractivity contribution in [3.8, 4) is 0 Å². The summed E-state index contributed by atoms with van der Waals surface area (Å²) in [5.41, 5.74) is 1.51. The zero-order valence-corrected chi connectivity index (χ0v) is 17.6. The van der Waals surface area contributed by atoms with E-state index in [2.05, 4.69) is 15.2 Å². The topological polar surface area (TPSA) is 74.8 Å². The van der Waals surface area contributed by atoms with Gasteiger partial charge in [0.25, 0.3) is 0 Å². The molecular weight excluding hydrogens is 423 g/mol. The summed E-state index contributed by atoms with van der Waals surface area (Å²) in [5.74, 6) is 0.00447. The lowest BCUT2D eigenvalue weighted by Gasteiger charge is -2.36. The van der Waals surface area contributed by atoms with Gasteiger partial charge in [-0.15, -0.1) is 11.3 Å². The molecule has 1 aliphatic heterocycles. The average Bonchev–Trinajstić information content (AvgIpc) is 3.11. The van der Waals surface area contributed by atoms with Crippen LogP contribution in [0.1, 0.15) is 12.6 Å². The van der Waals surface area contributed by atoms with Crippen LogP contribution in [0.15, 0.2) is 23.6 Å². The number of amides is 2. The highest BCUT2D eigenvalue weighted by atomic mass is 35.5. The highest BCUT2D eigenvalue weighted by Gasteiger charge is 2.23. The molecule has 150 valence electrons. The minimum absolute atomic E-state index is 0.00447. The lowest BCUT2D eigenvalue weighted by Crippen LogP contribution is -2.49. The Morgan fingerprint density at radius 2 is 2.00 bits per heavy atom. The maximum atomic E-state index is 12.6. The van der Waals surface area contributed by atoms with Crippen LogP contribution >= 0.6 is 34.5 Å². The molecule has 1 aromatic heterocycles. The minimum Gasteiger partial charge on any atom is -0.450 e. The van der Waals surface area contributed by atoms with E-state index in [9.17, 15) is 9.59 Å². The summed E-state index contributed by atoms with van der Waals surface area (Å²) in [6.45, 7) is 4.57. The quantitative estimate of drug-likeness (QED) is 0.759. The largest absolute Gasteiger partial charge is 0.450 e. The van der Waals surface area contributed by atoms with Crippen LogP contribution in [-0.4, -0.2) is 54.7 Å². The molecule has 1 saturated heterocycles. The molecule has 1 fully saturated rings. The Balaban J connectivity index is 1.52. The van der Waals surface area contributed by atoms with E-state index < -0.39 is 6.09 Å². The van der Waals surface area contributed by atoms with E-state index in [0.717, 1.165) is 5.69 Å². The maximum Gasteiger partial charge on any atom is 0.413 e. The van der Waals surface area contributed by atoms with Gasteiger partial charge < -0.3 is 14.5 Å². The summed E-state index contributed by atoms with van der Waals surface area (Å²) in [6.07, 6.45) is -0.357. The second-order valence-electron chi connectivity index (χ2n) is 6.11. The van der Waals surface area contributed by atoms with E-state index in [4.69, 9.17) is 27.9 Å². The maximum absolute atomic E-state index is 12.6. The molecule has 0 aliphatic carbocycles. The molecule has 0 bridgehead atoms. The normalized spacial score (nSPS) is 14.1. The van der Waals surface area contributed by atoms with Gasteiger partial charge in [-0.2, -0.15) is 0 Å². The van der Waals surface area contributed by atoms with Crippen LogP contribution < -0.4 is 10.2 Å². The molecule has 10 heteroatoms. The first-order chi connectivity index (χ1) is 13.5. The smallest absolute Gasteiger partial charge is 0.413 e. The van der Waals surface area contributed by atoms with E-state index in [1.54, 1.807) is 18.4 Å². The number of benzene rings is 1. The number of rotatable bonds is 5. The van der Waals surface area contributed by atoms with Crippen molar-refractivity contribution in [3.05, 3.63) is 39.3 Å². The Labute approximate surface area is 177 Å². The number of halogens is 2. The SMILES string of the molecule is CCOC(=O)Nc1nc(CC(=O)N2CCN(c3cccc(Cl)c3Cl)CC2)cs1. The van der Waals surface area contributed by atoms with Crippen LogP contribution in [0.2, 0.25) is 10.0 Å². The van der Waals surface area contributed by atoms with Crippen LogP contribution in [0.3, 0.4) is 0 Å². The molecule has 2 amide bonds. The summed E-state index contributed by atoms with van der Waals surface area (Å²) < 4.78 is 4.81. The Morgan fingerprint density at radius 1 is 1.25 bits per heavy atom. The number of carbonyl (C=O) groups excluding carboxylic acids is 2. The van der Waals surface area contributed by atoms with Gasteiger partial charge in [-0.05, 0) is 19.1 Å². The van der Waals surface area contributed by atoms with E-state index in [1.807, 2.05) is 17.0 Å². The number of anilines is 2. The molecule has 2 aromatic rings. The van der Waals surface area contributed by atoms with E-state index in [-0.39, 0.29) is 18.9 Å². The summed E-state index contributed by atoms with van der Waals surface area (Å²) in [5, 5.41) is 5.78. The number of aromatic nitrogens is 1. The number of hydrogen-bond donors (Lipinski definition) is 1. The second kappa shape index (κ2) is 9.45. The van der Waals surface area contributed by atoms with Gasteiger partial charge in [0.05, 0.1) is 34.5 Å². The van der Waals surface area contributed by atoms with Crippen molar-refractivity contribution in [3.63, 3.8) is 0 Å². The molecule has 1 N–H and O–H groups in total. The number of thiazole rings is 1. The minimum atomic E-state index is -0.550. The van der Waals surface area contributed by atoms with E-state index >= 15 is 0 Å². The van der Waals surface area contributed by atoms with Crippen molar-refractivity contribution in [2.24, 2.45) is 0 Å². The molecule has 1 aromatic carbocycles. The molecule has 0 unspecified atom stereocenters. The van der Waals surface area contributed by atoms with Crippen molar-refractivity contribution in [1.29, 1.82) is 0 Å². The lowest BCUT2D eigenvalue weighted by molar-refractivity contribution is -0.130. The number of piperazine rings is 1. The van der Waals surface area contributed by atoms with Gasteiger partial charge in [-0.3, -0.25) is 10.1 Å². The van der Waals surface area contributed by atoms with Gasteiger partial charge in [-0.25, -0.2) is 9.78 Å². The van der Waals surface area contributed by atoms with Crippen molar-refractivity contribution >= 4 is 57.4 Å². The van der Waals surface area contributed by atoms with Crippen molar-refractivity contribution in [2.45, 2.75) is 13.3 Å². The number of carbonyl (C=O) groups is 2. The third-order valence-corrected chi connectivity index (χ3v) is 5.89. The van der Waals surface area contributed by atoms with Gasteiger partial charge in [0.2, 0.25) is 5.91 Å². The highest BCUT2D eigenvalue weighted by Crippen LogP contribution is 2.32. The molecule has 0 atom stereocenters. The van der Waals surface area contributed by atoms with Gasteiger partial charge in [0.1, 0.15) is 0 Å². The summed E-state index contributed by atoms with van der Waals surface area (Å²) in [7, 11) is 0. The summed E-state index contributed by atoms with van der Waals surface area (Å²) in [6, 6.07) is 5.55. The molecule has 3 rings (SSSR count).